The summed E-state index contributed by atoms with van der Waals surface area (Å²) in [6, 6.07) is 3.09. The molecular formula is C9H7F3O. The van der Waals surface area contributed by atoms with Crippen LogP contribution in [0.15, 0.2) is 18.2 Å². The lowest BCUT2D eigenvalue weighted by atomic mass is 10.1. The molecule has 0 bridgehead atoms. The lowest BCUT2D eigenvalue weighted by Crippen LogP contribution is -2.05. The van der Waals surface area contributed by atoms with Gasteiger partial charge in [-0.3, -0.25) is 4.79 Å². The van der Waals surface area contributed by atoms with Gasteiger partial charge in [0.15, 0.2) is 0 Å². The lowest BCUT2D eigenvalue weighted by Gasteiger charge is -2.07. The zero-order valence-corrected chi connectivity index (χ0v) is 6.85. The standard InChI is InChI=1S/C9H7F3O/c1-6-2-3-8(9(10,11)12)4-7(6)5-13/h2-5H,1H3. The highest BCUT2D eigenvalue weighted by atomic mass is 19.4. The number of hydrogen-bond donors (Lipinski definition) is 0. The third kappa shape index (κ3) is 2.08. The maximum atomic E-state index is 12.1. The predicted octanol–water partition coefficient (Wildman–Crippen LogP) is 2.83. The minimum Gasteiger partial charge on any atom is -0.298 e. The number of alkyl halides is 3. The average molecular weight is 188 g/mol. The van der Waals surface area contributed by atoms with E-state index in [0.29, 0.717) is 11.8 Å². The number of carbonyl (C=O) groups is 1. The SMILES string of the molecule is Cc1ccc(C(F)(F)F)cc1C=O. The second-order valence-corrected chi connectivity index (χ2v) is 2.69. The molecule has 0 spiro atoms. The molecular weight excluding hydrogens is 181 g/mol. The molecule has 1 rings (SSSR count). The fraction of sp³-hybridized carbons (Fsp3) is 0.222. The van der Waals surface area contributed by atoms with Crippen molar-refractivity contribution < 1.29 is 18.0 Å². The molecule has 0 aliphatic carbocycles. The van der Waals surface area contributed by atoms with Gasteiger partial charge in [-0.05, 0) is 24.6 Å². The van der Waals surface area contributed by atoms with Gasteiger partial charge in [-0.15, -0.1) is 0 Å². The Morgan fingerprint density at radius 2 is 1.92 bits per heavy atom. The Hall–Kier alpha value is -1.32. The number of benzene rings is 1. The van der Waals surface area contributed by atoms with E-state index in [1.165, 1.54) is 6.07 Å². The maximum absolute atomic E-state index is 12.1. The van der Waals surface area contributed by atoms with E-state index in [0.717, 1.165) is 12.1 Å². The maximum Gasteiger partial charge on any atom is 0.416 e. The van der Waals surface area contributed by atoms with Gasteiger partial charge >= 0.3 is 6.18 Å². The summed E-state index contributed by atoms with van der Waals surface area (Å²) in [4.78, 5) is 10.3. The number of rotatable bonds is 1. The molecule has 0 saturated heterocycles. The molecule has 0 atom stereocenters. The van der Waals surface area contributed by atoms with Crippen molar-refractivity contribution in [2.75, 3.05) is 0 Å². The van der Waals surface area contributed by atoms with Crippen LogP contribution in [0.25, 0.3) is 0 Å². The van der Waals surface area contributed by atoms with Gasteiger partial charge in [-0.2, -0.15) is 13.2 Å². The van der Waals surface area contributed by atoms with Crippen LogP contribution in [0, 0.1) is 6.92 Å². The second-order valence-electron chi connectivity index (χ2n) is 2.69. The molecule has 0 saturated carbocycles. The van der Waals surface area contributed by atoms with Crippen molar-refractivity contribution in [1.29, 1.82) is 0 Å². The van der Waals surface area contributed by atoms with E-state index >= 15 is 0 Å². The Morgan fingerprint density at radius 1 is 1.31 bits per heavy atom. The monoisotopic (exact) mass is 188 g/mol. The van der Waals surface area contributed by atoms with Crippen LogP contribution in [0.2, 0.25) is 0 Å². The molecule has 13 heavy (non-hydrogen) atoms. The van der Waals surface area contributed by atoms with Crippen LogP contribution >= 0.6 is 0 Å². The van der Waals surface area contributed by atoms with E-state index < -0.39 is 11.7 Å². The number of halogens is 3. The summed E-state index contributed by atoms with van der Waals surface area (Å²) in [6.07, 6.45) is -3.96. The minimum absolute atomic E-state index is 0.0785. The van der Waals surface area contributed by atoms with Crippen LogP contribution in [0.4, 0.5) is 13.2 Å². The molecule has 4 heteroatoms. The quantitative estimate of drug-likeness (QED) is 0.619. The Balaban J connectivity index is 3.21. The largest absolute Gasteiger partial charge is 0.416 e. The summed E-state index contributed by atoms with van der Waals surface area (Å²) in [5.41, 5.74) is -0.168. The van der Waals surface area contributed by atoms with E-state index in [1.807, 2.05) is 0 Å². The van der Waals surface area contributed by atoms with E-state index in [4.69, 9.17) is 0 Å². The van der Waals surface area contributed by atoms with Crippen molar-refractivity contribution in [3.8, 4) is 0 Å². The van der Waals surface area contributed by atoms with Gasteiger partial charge in [0, 0.05) is 5.56 Å². The van der Waals surface area contributed by atoms with Gasteiger partial charge in [0.25, 0.3) is 0 Å². The molecule has 0 unspecified atom stereocenters. The van der Waals surface area contributed by atoms with Gasteiger partial charge in [0.2, 0.25) is 0 Å². The highest BCUT2D eigenvalue weighted by Gasteiger charge is 2.30. The minimum atomic E-state index is -4.38. The Bertz CT molecular complexity index is 328. The molecule has 0 radical (unpaired) electrons. The average Bonchev–Trinajstić information content (AvgIpc) is 2.03. The van der Waals surface area contributed by atoms with Crippen LogP contribution in [0.5, 0.6) is 0 Å². The Labute approximate surface area is 73.2 Å². The molecule has 0 aliphatic rings. The first-order valence-electron chi connectivity index (χ1n) is 3.58. The Morgan fingerprint density at radius 3 is 2.38 bits per heavy atom. The summed E-state index contributed by atoms with van der Waals surface area (Å²) in [7, 11) is 0. The van der Waals surface area contributed by atoms with Crippen molar-refractivity contribution in [3.05, 3.63) is 34.9 Å². The molecule has 0 fully saturated rings. The van der Waals surface area contributed by atoms with E-state index in [9.17, 15) is 18.0 Å². The number of aryl methyl sites for hydroxylation is 1. The molecule has 1 aromatic carbocycles. The van der Waals surface area contributed by atoms with Crippen molar-refractivity contribution in [3.63, 3.8) is 0 Å². The van der Waals surface area contributed by atoms with Crippen molar-refractivity contribution in [2.24, 2.45) is 0 Å². The Kier molecular flexibility index (Phi) is 2.40. The van der Waals surface area contributed by atoms with Crippen molar-refractivity contribution in [2.45, 2.75) is 13.1 Å². The number of aldehydes is 1. The zero-order chi connectivity index (χ0) is 10.1. The summed E-state index contributed by atoms with van der Waals surface area (Å²) in [6.45, 7) is 1.59. The molecule has 0 N–H and O–H groups in total. The third-order valence-electron chi connectivity index (χ3n) is 1.73. The predicted molar refractivity (Wildman–Crippen MR) is 41.6 cm³/mol. The van der Waals surface area contributed by atoms with E-state index in [-0.39, 0.29) is 5.56 Å². The van der Waals surface area contributed by atoms with Crippen molar-refractivity contribution in [1.82, 2.24) is 0 Å². The smallest absolute Gasteiger partial charge is 0.298 e. The van der Waals surface area contributed by atoms with Crippen LogP contribution in [0.1, 0.15) is 21.5 Å². The van der Waals surface area contributed by atoms with Gasteiger partial charge in [-0.1, -0.05) is 6.07 Å². The topological polar surface area (TPSA) is 17.1 Å². The molecule has 70 valence electrons. The first kappa shape index (κ1) is 9.77. The fourth-order valence-corrected chi connectivity index (χ4v) is 0.944. The van der Waals surface area contributed by atoms with Crippen LogP contribution in [-0.2, 0) is 6.18 Å². The summed E-state index contributed by atoms with van der Waals surface area (Å²) in [5, 5.41) is 0. The zero-order valence-electron chi connectivity index (χ0n) is 6.85. The normalized spacial score (nSPS) is 11.4. The first-order chi connectivity index (χ1) is 5.95. The van der Waals surface area contributed by atoms with Crippen LogP contribution < -0.4 is 0 Å². The van der Waals surface area contributed by atoms with Crippen LogP contribution in [0.3, 0.4) is 0 Å². The van der Waals surface area contributed by atoms with Gasteiger partial charge in [0.05, 0.1) is 5.56 Å². The summed E-state index contributed by atoms with van der Waals surface area (Å²) in [5.74, 6) is 0. The van der Waals surface area contributed by atoms with Crippen molar-refractivity contribution >= 4 is 6.29 Å². The third-order valence-corrected chi connectivity index (χ3v) is 1.73. The van der Waals surface area contributed by atoms with Gasteiger partial charge < -0.3 is 0 Å². The molecule has 1 nitrogen and oxygen atoms in total. The van der Waals surface area contributed by atoms with Crippen LogP contribution in [-0.4, -0.2) is 6.29 Å². The first-order valence-corrected chi connectivity index (χ1v) is 3.58. The highest BCUT2D eigenvalue weighted by molar-refractivity contribution is 5.77. The molecule has 1 aromatic rings. The molecule has 0 aliphatic heterocycles. The molecule has 0 heterocycles. The highest BCUT2D eigenvalue weighted by Crippen LogP contribution is 2.29. The fourth-order valence-electron chi connectivity index (χ4n) is 0.944. The number of hydrogen-bond acceptors (Lipinski definition) is 1. The van der Waals surface area contributed by atoms with Gasteiger partial charge in [0.1, 0.15) is 6.29 Å². The summed E-state index contributed by atoms with van der Waals surface area (Å²) < 4.78 is 36.4. The molecule has 0 amide bonds. The number of carbonyl (C=O) groups excluding carboxylic acids is 1. The van der Waals surface area contributed by atoms with E-state index in [2.05, 4.69) is 0 Å². The van der Waals surface area contributed by atoms with Gasteiger partial charge in [-0.25, -0.2) is 0 Å². The van der Waals surface area contributed by atoms with E-state index in [1.54, 1.807) is 6.92 Å². The molecule has 0 aromatic heterocycles. The second kappa shape index (κ2) is 3.20. The lowest BCUT2D eigenvalue weighted by molar-refractivity contribution is -0.137. The summed E-state index contributed by atoms with van der Waals surface area (Å²) >= 11 is 0.